The molecule has 0 saturated carbocycles. The molecule has 2 unspecified atom stereocenters. The van der Waals surface area contributed by atoms with Crippen LogP contribution in [0, 0.1) is 12.7 Å². The summed E-state index contributed by atoms with van der Waals surface area (Å²) in [6, 6.07) is 9.31. The van der Waals surface area contributed by atoms with E-state index in [0.29, 0.717) is 23.3 Å². The summed E-state index contributed by atoms with van der Waals surface area (Å²) in [4.78, 5) is 12.8. The molecule has 4 rings (SSSR count). The largest absolute Gasteiger partial charge is 0.467 e. The Labute approximate surface area is 153 Å². The van der Waals surface area contributed by atoms with Gasteiger partial charge in [-0.05, 0) is 36.8 Å². The predicted octanol–water partition coefficient (Wildman–Crippen LogP) is 2.39. The van der Waals surface area contributed by atoms with Gasteiger partial charge in [0.15, 0.2) is 0 Å². The normalized spacial score (nSPS) is 18.8. The molecule has 134 valence electrons. The maximum absolute atomic E-state index is 13.3. The number of aryl methyl sites for hydroxylation is 1. The number of carbonyl (C=O) groups is 1. The standard InChI is InChI=1S/C17H16FN5O2S/c1-10-20-21-17-23(10)22-14(11-4-6-12(18)7-5-11)15(26-17)16(24)19-9-13-3-2-8-25-13/h2-8,14-15,22H,9H2,1H3,(H,19,24). The van der Waals surface area contributed by atoms with Crippen LogP contribution in [0.1, 0.15) is 23.2 Å². The Morgan fingerprint density at radius 2 is 2.15 bits per heavy atom. The third-order valence-electron chi connectivity index (χ3n) is 4.10. The van der Waals surface area contributed by atoms with E-state index in [1.807, 2.05) is 6.92 Å². The quantitative estimate of drug-likeness (QED) is 0.731. The van der Waals surface area contributed by atoms with Crippen molar-refractivity contribution in [2.45, 2.75) is 29.9 Å². The van der Waals surface area contributed by atoms with Crippen molar-refractivity contribution in [3.63, 3.8) is 0 Å². The maximum atomic E-state index is 13.3. The molecule has 2 aromatic heterocycles. The highest BCUT2D eigenvalue weighted by atomic mass is 32.2. The third-order valence-corrected chi connectivity index (χ3v) is 5.32. The molecule has 1 aliphatic heterocycles. The number of fused-ring (bicyclic) bond motifs is 1. The van der Waals surface area contributed by atoms with E-state index in [4.69, 9.17) is 4.42 Å². The molecule has 3 aromatic rings. The van der Waals surface area contributed by atoms with E-state index >= 15 is 0 Å². The summed E-state index contributed by atoms with van der Waals surface area (Å²) in [5.74, 6) is 0.871. The van der Waals surface area contributed by atoms with Gasteiger partial charge in [0.05, 0.1) is 18.8 Å². The fourth-order valence-corrected chi connectivity index (χ4v) is 3.92. The van der Waals surface area contributed by atoms with Crippen LogP contribution in [0.2, 0.25) is 0 Å². The molecular weight excluding hydrogens is 357 g/mol. The van der Waals surface area contributed by atoms with Crippen LogP contribution in [-0.2, 0) is 11.3 Å². The lowest BCUT2D eigenvalue weighted by Crippen LogP contribution is -2.43. The van der Waals surface area contributed by atoms with Gasteiger partial charge in [0.1, 0.15) is 22.7 Å². The monoisotopic (exact) mass is 373 g/mol. The van der Waals surface area contributed by atoms with E-state index in [-0.39, 0.29) is 17.8 Å². The lowest BCUT2D eigenvalue weighted by molar-refractivity contribution is -0.121. The Morgan fingerprint density at radius 1 is 1.35 bits per heavy atom. The number of rotatable bonds is 4. The van der Waals surface area contributed by atoms with Crippen LogP contribution in [0.5, 0.6) is 0 Å². The van der Waals surface area contributed by atoms with Gasteiger partial charge >= 0.3 is 0 Å². The Hall–Kier alpha value is -2.81. The molecule has 2 N–H and O–H groups in total. The highest BCUT2D eigenvalue weighted by Crippen LogP contribution is 2.37. The zero-order valence-electron chi connectivity index (χ0n) is 13.8. The number of hydrogen-bond acceptors (Lipinski definition) is 6. The molecular formula is C17H16FN5O2S. The van der Waals surface area contributed by atoms with Crippen molar-refractivity contribution >= 4 is 17.7 Å². The number of hydrogen-bond donors (Lipinski definition) is 2. The van der Waals surface area contributed by atoms with Crippen molar-refractivity contribution in [3.05, 3.63) is 65.6 Å². The first-order valence-electron chi connectivity index (χ1n) is 8.02. The fourth-order valence-electron chi connectivity index (χ4n) is 2.77. The number of nitrogens with one attached hydrogen (secondary N) is 2. The summed E-state index contributed by atoms with van der Waals surface area (Å²) in [7, 11) is 0. The minimum Gasteiger partial charge on any atom is -0.467 e. The molecule has 9 heteroatoms. The van der Waals surface area contributed by atoms with Crippen molar-refractivity contribution in [2.75, 3.05) is 5.43 Å². The van der Waals surface area contributed by atoms with Crippen molar-refractivity contribution in [3.8, 4) is 0 Å². The highest BCUT2D eigenvalue weighted by molar-refractivity contribution is 8.00. The third kappa shape index (κ3) is 3.17. The first-order chi connectivity index (χ1) is 12.6. The summed E-state index contributed by atoms with van der Waals surface area (Å²) in [6.07, 6.45) is 1.56. The molecule has 1 amide bonds. The summed E-state index contributed by atoms with van der Waals surface area (Å²) < 4.78 is 20.3. The fraction of sp³-hybridized carbons (Fsp3) is 0.235. The number of carbonyl (C=O) groups excluding carboxylic acids is 1. The average Bonchev–Trinajstić information content (AvgIpc) is 3.29. The lowest BCUT2D eigenvalue weighted by atomic mass is 10.0. The smallest absolute Gasteiger partial charge is 0.236 e. The maximum Gasteiger partial charge on any atom is 0.236 e. The topological polar surface area (TPSA) is 85.0 Å². The van der Waals surface area contributed by atoms with Crippen molar-refractivity contribution in [1.29, 1.82) is 0 Å². The number of aromatic nitrogens is 3. The van der Waals surface area contributed by atoms with Crippen LogP contribution in [0.25, 0.3) is 0 Å². The Kier molecular flexibility index (Phi) is 4.37. The van der Waals surface area contributed by atoms with Gasteiger partial charge < -0.3 is 15.2 Å². The van der Waals surface area contributed by atoms with Crippen LogP contribution < -0.4 is 10.7 Å². The Morgan fingerprint density at radius 3 is 2.88 bits per heavy atom. The van der Waals surface area contributed by atoms with Crippen LogP contribution in [-0.4, -0.2) is 26.0 Å². The Bertz CT molecular complexity index is 910. The SMILES string of the molecule is Cc1nnc2n1NC(c1ccc(F)cc1)C(C(=O)NCc1ccco1)S2. The summed E-state index contributed by atoms with van der Waals surface area (Å²) in [5.41, 5.74) is 4.07. The molecule has 26 heavy (non-hydrogen) atoms. The average molecular weight is 373 g/mol. The minimum atomic E-state index is -0.494. The molecule has 3 heterocycles. The van der Waals surface area contributed by atoms with Crippen LogP contribution >= 0.6 is 11.8 Å². The molecule has 0 aliphatic carbocycles. The number of thioether (sulfide) groups is 1. The molecule has 2 atom stereocenters. The number of furan rings is 1. The summed E-state index contributed by atoms with van der Waals surface area (Å²) in [5, 5.41) is 11.1. The van der Waals surface area contributed by atoms with Crippen molar-refractivity contribution in [1.82, 2.24) is 20.2 Å². The number of amides is 1. The molecule has 0 radical (unpaired) electrons. The van der Waals surface area contributed by atoms with E-state index in [9.17, 15) is 9.18 Å². The summed E-state index contributed by atoms with van der Waals surface area (Å²) >= 11 is 1.32. The van der Waals surface area contributed by atoms with Crippen LogP contribution in [0.15, 0.2) is 52.2 Å². The molecule has 0 fully saturated rings. The second-order valence-corrected chi connectivity index (χ2v) is 6.97. The first-order valence-corrected chi connectivity index (χ1v) is 8.90. The second-order valence-electron chi connectivity index (χ2n) is 5.86. The molecule has 0 bridgehead atoms. The highest BCUT2D eigenvalue weighted by Gasteiger charge is 2.37. The van der Waals surface area contributed by atoms with Gasteiger partial charge in [-0.25, -0.2) is 9.07 Å². The van der Waals surface area contributed by atoms with Gasteiger partial charge in [-0.1, -0.05) is 23.9 Å². The minimum absolute atomic E-state index is 0.167. The van der Waals surface area contributed by atoms with Crippen LogP contribution in [0.3, 0.4) is 0 Å². The first kappa shape index (κ1) is 16.6. The lowest BCUT2D eigenvalue weighted by Gasteiger charge is -2.32. The van der Waals surface area contributed by atoms with E-state index in [2.05, 4.69) is 20.9 Å². The van der Waals surface area contributed by atoms with Gasteiger partial charge in [-0.3, -0.25) is 4.79 Å². The molecule has 1 aliphatic rings. The zero-order chi connectivity index (χ0) is 18.1. The molecule has 7 nitrogen and oxygen atoms in total. The van der Waals surface area contributed by atoms with E-state index in [0.717, 1.165) is 5.56 Å². The van der Waals surface area contributed by atoms with E-state index < -0.39 is 5.25 Å². The van der Waals surface area contributed by atoms with Gasteiger partial charge in [0.25, 0.3) is 0 Å². The van der Waals surface area contributed by atoms with Crippen LogP contribution in [0.4, 0.5) is 4.39 Å². The predicted molar refractivity (Wildman–Crippen MR) is 93.5 cm³/mol. The van der Waals surface area contributed by atoms with Crippen molar-refractivity contribution in [2.24, 2.45) is 0 Å². The van der Waals surface area contributed by atoms with Crippen molar-refractivity contribution < 1.29 is 13.6 Å². The van der Waals surface area contributed by atoms with E-state index in [1.165, 1.54) is 23.9 Å². The number of halogens is 1. The van der Waals surface area contributed by atoms with E-state index in [1.54, 1.807) is 35.2 Å². The molecule has 0 saturated heterocycles. The molecule has 1 aromatic carbocycles. The Balaban J connectivity index is 1.60. The number of benzene rings is 1. The second kappa shape index (κ2) is 6.83. The number of nitrogens with zero attached hydrogens (tertiary/aromatic N) is 3. The van der Waals surface area contributed by atoms with Gasteiger partial charge in [0, 0.05) is 0 Å². The zero-order valence-corrected chi connectivity index (χ0v) is 14.7. The van der Waals surface area contributed by atoms with Gasteiger partial charge in [0.2, 0.25) is 11.1 Å². The summed E-state index contributed by atoms with van der Waals surface area (Å²) in [6.45, 7) is 2.12. The van der Waals surface area contributed by atoms with Gasteiger partial charge in [-0.15, -0.1) is 10.2 Å². The molecule has 0 spiro atoms. The van der Waals surface area contributed by atoms with Gasteiger partial charge in [-0.2, -0.15) is 0 Å².